The van der Waals surface area contributed by atoms with Crippen LogP contribution in [0.5, 0.6) is 0 Å². The Morgan fingerprint density at radius 1 is 1.03 bits per heavy atom. The zero-order chi connectivity index (χ0) is 20.7. The first-order valence-electron chi connectivity index (χ1n) is 10.3. The highest BCUT2D eigenvalue weighted by Gasteiger charge is 2.45. The molecule has 4 nitrogen and oxygen atoms in total. The van der Waals surface area contributed by atoms with Crippen LogP contribution in [0.3, 0.4) is 0 Å². The molecule has 2 aliphatic heterocycles. The Morgan fingerprint density at radius 3 is 2.63 bits per heavy atom. The monoisotopic (exact) mass is 402 g/mol. The van der Waals surface area contributed by atoms with E-state index in [9.17, 15) is 14.3 Å². The molecular formula is C25H23FN2O2. The van der Waals surface area contributed by atoms with Crippen molar-refractivity contribution >= 4 is 11.6 Å². The van der Waals surface area contributed by atoms with E-state index < -0.39 is 5.82 Å². The summed E-state index contributed by atoms with van der Waals surface area (Å²) in [7, 11) is 0. The van der Waals surface area contributed by atoms with Crippen LogP contribution in [-0.4, -0.2) is 35.1 Å². The third-order valence-corrected chi connectivity index (χ3v) is 6.31. The topological polar surface area (TPSA) is 52.6 Å². The second kappa shape index (κ2) is 7.58. The summed E-state index contributed by atoms with van der Waals surface area (Å²) in [5, 5.41) is 13.4. The van der Waals surface area contributed by atoms with Crippen LogP contribution < -0.4 is 5.32 Å². The van der Waals surface area contributed by atoms with Gasteiger partial charge >= 0.3 is 0 Å². The summed E-state index contributed by atoms with van der Waals surface area (Å²) in [4.78, 5) is 15.1. The second-order valence-corrected chi connectivity index (χ2v) is 8.01. The molecule has 0 aliphatic carbocycles. The Morgan fingerprint density at radius 2 is 1.87 bits per heavy atom. The van der Waals surface area contributed by atoms with Gasteiger partial charge in [0.1, 0.15) is 5.82 Å². The molecule has 1 amide bonds. The molecule has 3 aromatic rings. The average Bonchev–Trinajstić information content (AvgIpc) is 3.24. The van der Waals surface area contributed by atoms with E-state index in [2.05, 4.69) is 29.6 Å². The van der Waals surface area contributed by atoms with Gasteiger partial charge in [0.2, 0.25) is 0 Å². The Labute approximate surface area is 175 Å². The van der Waals surface area contributed by atoms with Crippen molar-refractivity contribution in [3.8, 4) is 11.1 Å². The molecule has 1 fully saturated rings. The number of halogens is 1. The summed E-state index contributed by atoms with van der Waals surface area (Å²) in [6.45, 7) is 0.584. The highest BCUT2D eigenvalue weighted by Crippen LogP contribution is 2.47. The molecule has 2 N–H and O–H groups in total. The molecule has 1 saturated heterocycles. The molecule has 2 aliphatic rings. The maximum Gasteiger partial charge on any atom is 0.254 e. The number of carbonyl (C=O) groups is 1. The van der Waals surface area contributed by atoms with E-state index in [4.69, 9.17) is 0 Å². The van der Waals surface area contributed by atoms with Gasteiger partial charge in [-0.1, -0.05) is 42.5 Å². The Hall–Kier alpha value is -3.18. The number of nitrogens with one attached hydrogen (secondary N) is 1. The minimum absolute atomic E-state index is 0.00301. The lowest BCUT2D eigenvalue weighted by molar-refractivity contribution is 0.0700. The molecule has 0 spiro atoms. The molecule has 152 valence electrons. The minimum atomic E-state index is -0.415. The molecule has 0 saturated carbocycles. The summed E-state index contributed by atoms with van der Waals surface area (Å²) in [6, 6.07) is 21.9. The number of fused-ring (bicyclic) bond motifs is 3. The fraction of sp³-hybridized carbons (Fsp3) is 0.240. The van der Waals surface area contributed by atoms with Gasteiger partial charge in [0.25, 0.3) is 5.91 Å². The number of anilines is 1. The number of carbonyl (C=O) groups excluding carboxylic acids is 1. The van der Waals surface area contributed by atoms with Crippen molar-refractivity contribution in [3.63, 3.8) is 0 Å². The summed E-state index contributed by atoms with van der Waals surface area (Å²) in [6.07, 6.45) is 0.791. The van der Waals surface area contributed by atoms with Crippen molar-refractivity contribution in [2.24, 2.45) is 5.92 Å². The van der Waals surface area contributed by atoms with Crippen LogP contribution in [-0.2, 0) is 0 Å². The third-order valence-electron chi connectivity index (χ3n) is 6.31. The molecule has 0 aromatic heterocycles. The Bertz CT molecular complexity index is 1090. The summed E-state index contributed by atoms with van der Waals surface area (Å²) >= 11 is 0. The smallest absolute Gasteiger partial charge is 0.254 e. The maximum atomic E-state index is 13.7. The fourth-order valence-corrected chi connectivity index (χ4v) is 4.89. The molecule has 30 heavy (non-hydrogen) atoms. The zero-order valence-electron chi connectivity index (χ0n) is 16.5. The average molecular weight is 402 g/mol. The first-order valence-corrected chi connectivity index (χ1v) is 10.3. The number of hydrogen-bond donors (Lipinski definition) is 2. The van der Waals surface area contributed by atoms with Crippen molar-refractivity contribution in [1.29, 1.82) is 0 Å². The molecule has 3 atom stereocenters. The molecule has 0 bridgehead atoms. The van der Waals surface area contributed by atoms with Gasteiger partial charge in [-0.2, -0.15) is 0 Å². The minimum Gasteiger partial charge on any atom is -0.394 e. The van der Waals surface area contributed by atoms with Gasteiger partial charge in [-0.05, 0) is 53.4 Å². The number of likely N-dealkylation sites (tertiary alicyclic amines) is 1. The van der Waals surface area contributed by atoms with E-state index in [0.29, 0.717) is 12.1 Å². The first-order chi connectivity index (χ1) is 14.7. The largest absolute Gasteiger partial charge is 0.394 e. The van der Waals surface area contributed by atoms with Crippen LogP contribution in [0, 0.1) is 11.7 Å². The standard InChI is InChI=1S/C25H23FN2O2/c26-19-8-4-7-18(13-19)25(30)28-12-11-20-23(15-29)27-22-10-9-17(14-21(22)24(20)28)16-5-2-1-3-6-16/h1-10,13-14,20,23-24,27,29H,11-12,15H2/t20-,23+,24-/m0/s1. The predicted octanol–water partition coefficient (Wildman–Crippen LogP) is 4.48. The molecule has 2 heterocycles. The van der Waals surface area contributed by atoms with E-state index in [1.807, 2.05) is 29.2 Å². The van der Waals surface area contributed by atoms with E-state index in [1.54, 1.807) is 12.1 Å². The highest BCUT2D eigenvalue weighted by atomic mass is 19.1. The van der Waals surface area contributed by atoms with Crippen molar-refractivity contribution in [1.82, 2.24) is 4.90 Å². The van der Waals surface area contributed by atoms with Gasteiger partial charge < -0.3 is 15.3 Å². The lowest BCUT2D eigenvalue weighted by Gasteiger charge is -2.39. The molecular weight excluding hydrogens is 379 g/mol. The summed E-state index contributed by atoms with van der Waals surface area (Å²) in [5.74, 6) is -0.482. The second-order valence-electron chi connectivity index (χ2n) is 8.01. The number of amides is 1. The quantitative estimate of drug-likeness (QED) is 0.679. The van der Waals surface area contributed by atoms with Gasteiger partial charge in [0, 0.05) is 23.7 Å². The van der Waals surface area contributed by atoms with Gasteiger partial charge in [-0.25, -0.2) is 4.39 Å². The summed E-state index contributed by atoms with van der Waals surface area (Å²) in [5.41, 5.74) is 4.54. The van der Waals surface area contributed by atoms with E-state index >= 15 is 0 Å². The van der Waals surface area contributed by atoms with Gasteiger partial charge in [-0.15, -0.1) is 0 Å². The molecule has 5 rings (SSSR count). The number of nitrogens with zero attached hydrogens (tertiary/aromatic N) is 1. The first kappa shape index (κ1) is 18.8. The van der Waals surface area contributed by atoms with E-state index in [1.165, 1.54) is 12.1 Å². The Kier molecular flexibility index (Phi) is 4.75. The fourth-order valence-electron chi connectivity index (χ4n) is 4.89. The van der Waals surface area contributed by atoms with Crippen molar-refractivity contribution in [3.05, 3.63) is 89.7 Å². The van der Waals surface area contributed by atoms with Crippen molar-refractivity contribution in [2.75, 3.05) is 18.5 Å². The number of hydrogen-bond acceptors (Lipinski definition) is 3. The predicted molar refractivity (Wildman–Crippen MR) is 115 cm³/mol. The normalized spacial score (nSPS) is 22.2. The van der Waals surface area contributed by atoms with Gasteiger partial charge in [-0.3, -0.25) is 4.79 Å². The Balaban J connectivity index is 1.58. The lowest BCUT2D eigenvalue weighted by Crippen LogP contribution is -2.42. The number of aliphatic hydroxyl groups excluding tert-OH is 1. The van der Waals surface area contributed by atoms with Gasteiger partial charge in [0.05, 0.1) is 18.7 Å². The van der Waals surface area contributed by atoms with Crippen LogP contribution in [0.25, 0.3) is 11.1 Å². The van der Waals surface area contributed by atoms with Crippen LogP contribution in [0.4, 0.5) is 10.1 Å². The third kappa shape index (κ3) is 3.15. The molecule has 0 radical (unpaired) electrons. The van der Waals surface area contributed by atoms with Crippen LogP contribution >= 0.6 is 0 Å². The maximum absolute atomic E-state index is 13.7. The zero-order valence-corrected chi connectivity index (χ0v) is 16.5. The van der Waals surface area contributed by atoms with Crippen molar-refractivity contribution in [2.45, 2.75) is 18.5 Å². The lowest BCUT2D eigenvalue weighted by atomic mass is 9.82. The number of benzene rings is 3. The SMILES string of the molecule is O=C(c1cccc(F)c1)N1CC[C@@H]2[C@H]1c1cc(-c3ccccc3)ccc1N[C@@H]2CO. The summed E-state index contributed by atoms with van der Waals surface area (Å²) < 4.78 is 13.7. The van der Waals surface area contributed by atoms with Crippen LogP contribution in [0.2, 0.25) is 0 Å². The van der Waals surface area contributed by atoms with E-state index in [-0.39, 0.29) is 30.5 Å². The number of aliphatic hydroxyl groups is 1. The van der Waals surface area contributed by atoms with E-state index in [0.717, 1.165) is 28.8 Å². The molecule has 0 unspecified atom stereocenters. The highest BCUT2D eigenvalue weighted by molar-refractivity contribution is 5.95. The van der Waals surface area contributed by atoms with Crippen LogP contribution in [0.1, 0.15) is 28.4 Å². The van der Waals surface area contributed by atoms with Crippen molar-refractivity contribution < 1.29 is 14.3 Å². The molecule has 3 aromatic carbocycles. The van der Waals surface area contributed by atoms with Gasteiger partial charge in [0.15, 0.2) is 0 Å². The molecule has 5 heteroatoms. The number of rotatable bonds is 3. The van der Waals surface area contributed by atoms with Crippen LogP contribution in [0.15, 0.2) is 72.8 Å².